The Labute approximate surface area is 113 Å². The van der Waals surface area contributed by atoms with E-state index in [1.807, 2.05) is 6.92 Å². The van der Waals surface area contributed by atoms with Gasteiger partial charge in [-0.1, -0.05) is 0 Å². The lowest BCUT2D eigenvalue weighted by Crippen LogP contribution is -2.31. The van der Waals surface area contributed by atoms with E-state index in [9.17, 15) is 13.2 Å². The molecule has 2 N–H and O–H groups in total. The minimum Gasteiger partial charge on any atom is -0.484 e. The normalized spacial score (nSPS) is 11.2. The lowest BCUT2D eigenvalue weighted by atomic mass is 10.2. The molecule has 0 atom stereocenters. The van der Waals surface area contributed by atoms with E-state index >= 15 is 0 Å². The van der Waals surface area contributed by atoms with Gasteiger partial charge in [0.05, 0.1) is 4.90 Å². The summed E-state index contributed by atoms with van der Waals surface area (Å²) in [5.74, 6) is 0.290. The molecule has 0 fully saturated rings. The van der Waals surface area contributed by atoms with Crippen molar-refractivity contribution in [3.05, 3.63) is 23.8 Å². The van der Waals surface area contributed by atoms with Gasteiger partial charge in [-0.05, 0) is 37.6 Å². The van der Waals surface area contributed by atoms with E-state index in [1.54, 1.807) is 20.0 Å². The molecule has 1 aromatic carbocycles. The molecule has 106 valence electrons. The number of hydrogen-bond donors (Lipinski definition) is 1. The zero-order chi connectivity index (χ0) is 14.6. The SMILES string of the molecule is CCN(C)C(=O)COc1ccc(S(N)(=O)=O)c(C)c1. The lowest BCUT2D eigenvalue weighted by molar-refractivity contribution is -0.131. The molecule has 6 nitrogen and oxygen atoms in total. The third-order valence-corrected chi connectivity index (χ3v) is 3.79. The van der Waals surface area contributed by atoms with E-state index in [0.29, 0.717) is 17.9 Å². The van der Waals surface area contributed by atoms with Crippen molar-refractivity contribution >= 4 is 15.9 Å². The van der Waals surface area contributed by atoms with Crippen molar-refractivity contribution in [3.63, 3.8) is 0 Å². The number of amides is 1. The number of primary sulfonamides is 1. The molecule has 0 saturated heterocycles. The Hall–Kier alpha value is -1.60. The van der Waals surface area contributed by atoms with Crippen LogP contribution in [0.15, 0.2) is 23.1 Å². The van der Waals surface area contributed by atoms with Gasteiger partial charge in [-0.2, -0.15) is 0 Å². The zero-order valence-corrected chi connectivity index (χ0v) is 12.0. The van der Waals surface area contributed by atoms with Crippen molar-refractivity contribution < 1.29 is 17.9 Å². The molecule has 0 aliphatic rings. The summed E-state index contributed by atoms with van der Waals surface area (Å²) in [6, 6.07) is 4.39. The van der Waals surface area contributed by atoms with E-state index < -0.39 is 10.0 Å². The number of carbonyl (C=O) groups is 1. The number of ether oxygens (including phenoxy) is 1. The van der Waals surface area contributed by atoms with Crippen LogP contribution in [0.1, 0.15) is 12.5 Å². The van der Waals surface area contributed by atoms with Crippen molar-refractivity contribution in [1.29, 1.82) is 0 Å². The molecule has 0 saturated carbocycles. The van der Waals surface area contributed by atoms with Gasteiger partial charge in [0, 0.05) is 13.6 Å². The Kier molecular flexibility index (Phi) is 4.90. The van der Waals surface area contributed by atoms with Gasteiger partial charge in [-0.25, -0.2) is 13.6 Å². The average Bonchev–Trinajstić information content (AvgIpc) is 2.33. The number of carbonyl (C=O) groups excluding carboxylic acids is 1. The minimum absolute atomic E-state index is 0.0526. The van der Waals surface area contributed by atoms with Crippen LogP contribution in [0.3, 0.4) is 0 Å². The third-order valence-electron chi connectivity index (χ3n) is 2.72. The maximum Gasteiger partial charge on any atom is 0.260 e. The minimum atomic E-state index is -3.73. The number of sulfonamides is 1. The van der Waals surface area contributed by atoms with Gasteiger partial charge in [0.2, 0.25) is 10.0 Å². The standard InChI is InChI=1S/C12H18N2O4S/c1-4-14(3)12(15)8-18-10-5-6-11(9(2)7-10)19(13,16)17/h5-7H,4,8H2,1-3H3,(H2,13,16,17). The van der Waals surface area contributed by atoms with Gasteiger partial charge in [0.15, 0.2) is 6.61 Å². The van der Waals surface area contributed by atoms with Crippen molar-refractivity contribution in [1.82, 2.24) is 4.90 Å². The van der Waals surface area contributed by atoms with Gasteiger partial charge in [0.1, 0.15) is 5.75 Å². The second-order valence-corrected chi connectivity index (χ2v) is 5.70. The molecular weight excluding hydrogens is 268 g/mol. The molecule has 7 heteroatoms. The highest BCUT2D eigenvalue weighted by Gasteiger charge is 2.13. The van der Waals surface area contributed by atoms with Crippen LogP contribution in [-0.4, -0.2) is 39.4 Å². The first-order chi connectivity index (χ1) is 8.75. The highest BCUT2D eigenvalue weighted by Crippen LogP contribution is 2.20. The number of hydrogen-bond acceptors (Lipinski definition) is 4. The molecule has 0 radical (unpaired) electrons. The summed E-state index contributed by atoms with van der Waals surface area (Å²) in [7, 11) is -2.05. The van der Waals surface area contributed by atoms with Gasteiger partial charge in [-0.3, -0.25) is 4.79 Å². The summed E-state index contributed by atoms with van der Waals surface area (Å²) in [6.07, 6.45) is 0. The Morgan fingerprint density at radius 2 is 2.05 bits per heavy atom. The summed E-state index contributed by atoms with van der Waals surface area (Å²) < 4.78 is 27.8. The molecule has 1 rings (SSSR count). The Bertz CT molecular complexity index is 569. The van der Waals surface area contributed by atoms with Crippen LogP contribution in [0.2, 0.25) is 0 Å². The van der Waals surface area contributed by atoms with Crippen LogP contribution in [0.25, 0.3) is 0 Å². The van der Waals surface area contributed by atoms with E-state index in [4.69, 9.17) is 9.88 Å². The predicted molar refractivity (Wildman–Crippen MR) is 71.4 cm³/mol. The molecule has 0 heterocycles. The van der Waals surface area contributed by atoms with Crippen molar-refractivity contribution in [2.75, 3.05) is 20.2 Å². The zero-order valence-electron chi connectivity index (χ0n) is 11.2. The summed E-state index contributed by atoms with van der Waals surface area (Å²) in [5, 5.41) is 5.06. The number of rotatable bonds is 5. The predicted octanol–water partition coefficient (Wildman–Crippen LogP) is 0.500. The van der Waals surface area contributed by atoms with Crippen LogP contribution in [0.5, 0.6) is 5.75 Å². The number of likely N-dealkylation sites (N-methyl/N-ethyl adjacent to an activating group) is 1. The van der Waals surface area contributed by atoms with Crippen LogP contribution < -0.4 is 9.88 Å². The molecule has 0 unspecified atom stereocenters. The van der Waals surface area contributed by atoms with Gasteiger partial charge >= 0.3 is 0 Å². The van der Waals surface area contributed by atoms with Crippen LogP contribution in [-0.2, 0) is 14.8 Å². The number of nitrogens with two attached hydrogens (primary N) is 1. The largest absolute Gasteiger partial charge is 0.484 e. The first-order valence-electron chi connectivity index (χ1n) is 5.76. The van der Waals surface area contributed by atoms with Gasteiger partial charge in [0.25, 0.3) is 5.91 Å². The maximum atomic E-state index is 11.5. The second kappa shape index (κ2) is 6.03. The second-order valence-electron chi connectivity index (χ2n) is 4.17. The lowest BCUT2D eigenvalue weighted by Gasteiger charge is -2.15. The highest BCUT2D eigenvalue weighted by molar-refractivity contribution is 7.89. The number of nitrogens with zero attached hydrogens (tertiary/aromatic N) is 1. The topological polar surface area (TPSA) is 89.7 Å². The molecule has 0 aliphatic heterocycles. The van der Waals surface area contributed by atoms with E-state index in [2.05, 4.69) is 0 Å². The third kappa shape index (κ3) is 4.22. The van der Waals surface area contributed by atoms with Crippen LogP contribution in [0, 0.1) is 6.92 Å². The Morgan fingerprint density at radius 1 is 1.42 bits per heavy atom. The smallest absolute Gasteiger partial charge is 0.260 e. The van der Waals surface area contributed by atoms with Gasteiger partial charge in [-0.15, -0.1) is 0 Å². The first kappa shape index (κ1) is 15.5. The summed E-state index contributed by atoms with van der Waals surface area (Å²) in [5.41, 5.74) is 0.483. The van der Waals surface area contributed by atoms with E-state index in [-0.39, 0.29) is 17.4 Å². The Balaban J connectivity index is 2.78. The average molecular weight is 286 g/mol. The highest BCUT2D eigenvalue weighted by atomic mass is 32.2. The number of aryl methyl sites for hydroxylation is 1. The fourth-order valence-electron chi connectivity index (χ4n) is 1.46. The Morgan fingerprint density at radius 3 is 2.53 bits per heavy atom. The molecule has 1 amide bonds. The first-order valence-corrected chi connectivity index (χ1v) is 7.30. The number of benzene rings is 1. The van der Waals surface area contributed by atoms with Crippen molar-refractivity contribution in [2.24, 2.45) is 5.14 Å². The molecule has 19 heavy (non-hydrogen) atoms. The summed E-state index contributed by atoms with van der Waals surface area (Å²) >= 11 is 0. The molecule has 0 aliphatic carbocycles. The molecule has 0 bridgehead atoms. The quantitative estimate of drug-likeness (QED) is 0.853. The van der Waals surface area contributed by atoms with E-state index in [0.717, 1.165) is 0 Å². The molecule has 0 spiro atoms. The molecule has 0 aromatic heterocycles. The van der Waals surface area contributed by atoms with Crippen LogP contribution >= 0.6 is 0 Å². The molecular formula is C12H18N2O4S. The fourth-order valence-corrected chi connectivity index (χ4v) is 2.23. The summed E-state index contributed by atoms with van der Waals surface area (Å²) in [6.45, 7) is 4.00. The van der Waals surface area contributed by atoms with E-state index in [1.165, 1.54) is 17.0 Å². The monoisotopic (exact) mass is 286 g/mol. The summed E-state index contributed by atoms with van der Waals surface area (Å²) in [4.78, 5) is 13.1. The van der Waals surface area contributed by atoms with Crippen molar-refractivity contribution in [3.8, 4) is 5.75 Å². The van der Waals surface area contributed by atoms with Gasteiger partial charge < -0.3 is 9.64 Å². The molecule has 1 aromatic rings. The van der Waals surface area contributed by atoms with Crippen molar-refractivity contribution in [2.45, 2.75) is 18.7 Å². The van der Waals surface area contributed by atoms with Crippen LogP contribution in [0.4, 0.5) is 0 Å². The fraction of sp³-hybridized carbons (Fsp3) is 0.417. The maximum absolute atomic E-state index is 11.5.